The predicted octanol–water partition coefficient (Wildman–Crippen LogP) is 4.79. The van der Waals surface area contributed by atoms with Gasteiger partial charge in [0.15, 0.2) is 0 Å². The minimum absolute atomic E-state index is 0.0367. The van der Waals surface area contributed by atoms with Crippen LogP contribution >= 0.6 is 0 Å². The maximum Gasteiger partial charge on any atom is 0.411 e. The Morgan fingerprint density at radius 2 is 1.86 bits per heavy atom. The van der Waals surface area contributed by atoms with Crippen molar-refractivity contribution in [3.63, 3.8) is 0 Å². The molecule has 2 amide bonds. The summed E-state index contributed by atoms with van der Waals surface area (Å²) in [6.07, 6.45) is 4.62. The van der Waals surface area contributed by atoms with Crippen LogP contribution in [0.5, 0.6) is 0 Å². The number of benzene rings is 2. The summed E-state index contributed by atoms with van der Waals surface area (Å²) >= 11 is 0. The molecular formula is C29H33N3O3. The van der Waals surface area contributed by atoms with Gasteiger partial charge in [0.05, 0.1) is 6.07 Å². The number of nitrogens with zero attached hydrogens (tertiary/aromatic N) is 2. The molecule has 1 aliphatic heterocycles. The van der Waals surface area contributed by atoms with E-state index in [1.54, 1.807) is 4.90 Å². The fraction of sp³-hybridized carbons (Fsp3) is 0.483. The van der Waals surface area contributed by atoms with Crippen molar-refractivity contribution < 1.29 is 14.3 Å². The third-order valence-corrected chi connectivity index (χ3v) is 7.51. The van der Waals surface area contributed by atoms with Crippen LogP contribution in [0.15, 0.2) is 42.5 Å². The summed E-state index contributed by atoms with van der Waals surface area (Å²) in [5, 5.41) is 12.8. The zero-order valence-corrected chi connectivity index (χ0v) is 20.7. The Morgan fingerprint density at radius 3 is 2.63 bits per heavy atom. The molecule has 0 radical (unpaired) electrons. The zero-order chi connectivity index (χ0) is 24.7. The summed E-state index contributed by atoms with van der Waals surface area (Å²) in [7, 11) is 0. The molecule has 1 heterocycles. The molecule has 6 heteroatoms. The van der Waals surface area contributed by atoms with Crippen LogP contribution in [0.2, 0.25) is 0 Å². The Morgan fingerprint density at radius 1 is 1.11 bits per heavy atom. The van der Waals surface area contributed by atoms with Crippen LogP contribution in [-0.2, 0) is 28.8 Å². The van der Waals surface area contributed by atoms with Gasteiger partial charge in [0.25, 0.3) is 0 Å². The molecule has 2 aromatic rings. The number of hydrogen-bond donors (Lipinski definition) is 1. The van der Waals surface area contributed by atoms with Crippen molar-refractivity contribution in [2.45, 2.75) is 83.0 Å². The highest BCUT2D eigenvalue weighted by Crippen LogP contribution is 2.43. The van der Waals surface area contributed by atoms with E-state index in [1.165, 1.54) is 22.3 Å². The Balaban J connectivity index is 1.29. The van der Waals surface area contributed by atoms with E-state index in [4.69, 9.17) is 4.74 Å². The van der Waals surface area contributed by atoms with Crippen molar-refractivity contribution in [2.75, 3.05) is 0 Å². The second kappa shape index (κ2) is 9.03. The molecule has 5 rings (SSSR count). The molecule has 1 saturated heterocycles. The van der Waals surface area contributed by atoms with Gasteiger partial charge in [-0.05, 0) is 86.6 Å². The summed E-state index contributed by atoms with van der Waals surface area (Å²) in [4.78, 5) is 27.9. The SMILES string of the molecule is CC(C)(C)OC(=O)N1[C@@H]2CC[C@@H](C2)[C@H]1C(=O)NC(C#N)Cc1ccc2c(c1)CCc1ccccc1-2. The number of nitriles is 1. The highest BCUT2D eigenvalue weighted by Gasteiger charge is 2.52. The number of aryl methyl sites for hydroxylation is 2. The molecule has 182 valence electrons. The second-order valence-corrected chi connectivity index (χ2v) is 11.1. The lowest BCUT2D eigenvalue weighted by molar-refractivity contribution is -0.128. The standard InChI is InChI=1S/C29H33N3O3/c1-29(2,3)35-28(34)32-23-12-11-21(16-23)26(32)27(33)31-22(17-30)15-18-8-13-25-20(14-18)10-9-19-6-4-5-7-24(19)25/h4-8,13-14,21-23,26H,9-12,15-16H2,1-3H3,(H,31,33)/t21-,22?,23+,26-/m0/s1. The third kappa shape index (κ3) is 4.65. The maximum atomic E-state index is 13.3. The number of hydrogen-bond acceptors (Lipinski definition) is 4. The van der Waals surface area contributed by atoms with E-state index in [0.717, 1.165) is 37.7 Å². The van der Waals surface area contributed by atoms with Gasteiger partial charge in [0, 0.05) is 12.5 Å². The lowest BCUT2D eigenvalue weighted by Gasteiger charge is -2.35. The number of rotatable bonds is 4. The summed E-state index contributed by atoms with van der Waals surface area (Å²) in [5.41, 5.74) is 5.60. The largest absolute Gasteiger partial charge is 0.444 e. The minimum atomic E-state index is -0.656. The van der Waals surface area contributed by atoms with Crippen LogP contribution in [-0.4, -0.2) is 40.6 Å². The molecule has 4 atom stereocenters. The molecule has 6 nitrogen and oxygen atoms in total. The van der Waals surface area contributed by atoms with E-state index in [2.05, 4.69) is 53.9 Å². The van der Waals surface area contributed by atoms with Crippen molar-refractivity contribution >= 4 is 12.0 Å². The summed E-state index contributed by atoms with van der Waals surface area (Å²) in [6, 6.07) is 15.9. The lowest BCUT2D eigenvalue weighted by Crippen LogP contribution is -2.55. The van der Waals surface area contributed by atoms with Crippen molar-refractivity contribution in [3.05, 3.63) is 59.2 Å². The van der Waals surface area contributed by atoms with Crippen molar-refractivity contribution in [3.8, 4) is 17.2 Å². The molecule has 35 heavy (non-hydrogen) atoms. The quantitative estimate of drug-likeness (QED) is 0.695. The van der Waals surface area contributed by atoms with E-state index < -0.39 is 23.8 Å². The Hall–Kier alpha value is -3.33. The predicted molar refractivity (Wildman–Crippen MR) is 134 cm³/mol. The van der Waals surface area contributed by atoms with Crippen molar-refractivity contribution in [1.82, 2.24) is 10.2 Å². The second-order valence-electron chi connectivity index (χ2n) is 11.1. The van der Waals surface area contributed by atoms with E-state index >= 15 is 0 Å². The van der Waals surface area contributed by atoms with E-state index in [9.17, 15) is 14.9 Å². The normalized spacial score (nSPS) is 23.1. The first-order valence-corrected chi connectivity index (χ1v) is 12.6. The molecule has 0 aromatic heterocycles. The molecule has 2 aromatic carbocycles. The first kappa shape index (κ1) is 23.4. The molecule has 0 spiro atoms. The fourth-order valence-corrected chi connectivity index (χ4v) is 6.04. The van der Waals surface area contributed by atoms with Crippen LogP contribution in [0.1, 0.15) is 56.7 Å². The van der Waals surface area contributed by atoms with Gasteiger partial charge in [0.2, 0.25) is 5.91 Å². The topological polar surface area (TPSA) is 82.4 Å². The number of carbonyl (C=O) groups is 2. The van der Waals surface area contributed by atoms with Crippen molar-refractivity contribution in [1.29, 1.82) is 5.26 Å². The van der Waals surface area contributed by atoms with E-state index in [0.29, 0.717) is 6.42 Å². The number of ether oxygens (including phenoxy) is 1. The molecule has 2 bridgehead atoms. The van der Waals surface area contributed by atoms with Crippen LogP contribution in [0.25, 0.3) is 11.1 Å². The molecule has 2 aliphatic carbocycles. The van der Waals surface area contributed by atoms with Crippen LogP contribution in [0, 0.1) is 17.2 Å². The summed E-state index contributed by atoms with van der Waals surface area (Å²) in [5.74, 6) is -0.128. The van der Waals surface area contributed by atoms with Crippen molar-refractivity contribution in [2.24, 2.45) is 5.92 Å². The van der Waals surface area contributed by atoms with Crippen LogP contribution in [0.4, 0.5) is 4.79 Å². The monoisotopic (exact) mass is 471 g/mol. The third-order valence-electron chi connectivity index (χ3n) is 7.51. The number of fused-ring (bicyclic) bond motifs is 5. The van der Waals surface area contributed by atoms with E-state index in [1.807, 2.05) is 20.8 Å². The van der Waals surface area contributed by atoms with Gasteiger partial charge in [0.1, 0.15) is 17.7 Å². The van der Waals surface area contributed by atoms with E-state index in [-0.39, 0.29) is 17.9 Å². The number of amides is 2. The summed E-state index contributed by atoms with van der Waals surface area (Å²) in [6.45, 7) is 5.49. The highest BCUT2D eigenvalue weighted by atomic mass is 16.6. The molecule has 1 unspecified atom stereocenters. The molecule has 2 fully saturated rings. The molecular weight excluding hydrogens is 438 g/mol. The average molecular weight is 472 g/mol. The lowest BCUT2D eigenvalue weighted by atomic mass is 9.84. The minimum Gasteiger partial charge on any atom is -0.444 e. The van der Waals surface area contributed by atoms with Gasteiger partial charge in [-0.25, -0.2) is 4.79 Å². The van der Waals surface area contributed by atoms with Gasteiger partial charge in [-0.1, -0.05) is 42.5 Å². The average Bonchev–Trinajstić information content (AvgIpc) is 3.44. The van der Waals surface area contributed by atoms with Gasteiger partial charge >= 0.3 is 6.09 Å². The highest BCUT2D eigenvalue weighted by molar-refractivity contribution is 5.87. The molecule has 1 N–H and O–H groups in total. The Kier molecular flexibility index (Phi) is 6.04. The Bertz CT molecular complexity index is 1190. The molecule has 1 saturated carbocycles. The van der Waals surface area contributed by atoms with Crippen LogP contribution < -0.4 is 5.32 Å². The number of nitrogens with one attached hydrogen (secondary N) is 1. The van der Waals surface area contributed by atoms with Gasteiger partial charge in [-0.2, -0.15) is 5.26 Å². The van der Waals surface area contributed by atoms with Gasteiger partial charge in [-0.15, -0.1) is 0 Å². The maximum absolute atomic E-state index is 13.3. The number of carbonyl (C=O) groups excluding carboxylic acids is 2. The first-order valence-electron chi connectivity index (χ1n) is 12.6. The molecule has 3 aliphatic rings. The van der Waals surface area contributed by atoms with Gasteiger partial charge < -0.3 is 10.1 Å². The fourth-order valence-electron chi connectivity index (χ4n) is 6.04. The zero-order valence-electron chi connectivity index (χ0n) is 20.7. The van der Waals surface area contributed by atoms with Crippen LogP contribution in [0.3, 0.4) is 0 Å². The number of likely N-dealkylation sites (tertiary alicyclic amines) is 1. The smallest absolute Gasteiger partial charge is 0.411 e. The first-order chi connectivity index (χ1) is 16.7. The van der Waals surface area contributed by atoms with Gasteiger partial charge in [-0.3, -0.25) is 9.69 Å². The summed E-state index contributed by atoms with van der Waals surface area (Å²) < 4.78 is 5.60. The Labute approximate surface area is 207 Å². The number of piperidine rings is 1.